The van der Waals surface area contributed by atoms with Gasteiger partial charge in [0.05, 0.1) is 28.2 Å². The summed E-state index contributed by atoms with van der Waals surface area (Å²) in [5.74, 6) is -1.51. The summed E-state index contributed by atoms with van der Waals surface area (Å²) in [4.78, 5) is 10.9. The third kappa shape index (κ3) is 3.67. The minimum absolute atomic E-state index is 0.0151. The van der Waals surface area contributed by atoms with E-state index in [-0.39, 0.29) is 17.7 Å². The van der Waals surface area contributed by atoms with Crippen LogP contribution in [-0.2, 0) is 11.2 Å². The maximum absolute atomic E-state index is 14.1. The van der Waals surface area contributed by atoms with Crippen molar-refractivity contribution in [2.45, 2.75) is 12.8 Å². The van der Waals surface area contributed by atoms with Gasteiger partial charge >= 0.3 is 5.97 Å². The molecule has 1 aromatic heterocycles. The molecule has 1 heterocycles. The number of hydrogen-bond acceptors (Lipinski definition) is 3. The number of nitrogens with one attached hydrogen (secondary N) is 1. The molecule has 0 atom stereocenters. The number of carboxylic acids is 1. The maximum atomic E-state index is 14.1. The topological polar surface area (TPSA) is 86.2 Å². The molecule has 0 unspecified atom stereocenters. The summed E-state index contributed by atoms with van der Waals surface area (Å²) in [6, 6.07) is 14.8. The van der Waals surface area contributed by atoms with Gasteiger partial charge in [0.15, 0.2) is 0 Å². The van der Waals surface area contributed by atoms with Crippen molar-refractivity contribution in [2.24, 2.45) is 0 Å². The number of aliphatic carboxylic acids is 1. The number of benzene rings is 3. The van der Waals surface area contributed by atoms with Gasteiger partial charge in [-0.05, 0) is 35.4 Å². The highest BCUT2D eigenvalue weighted by Gasteiger charge is 2.14. The van der Waals surface area contributed by atoms with E-state index in [0.717, 1.165) is 22.0 Å². The molecule has 0 bridgehead atoms. The largest absolute Gasteiger partial charge is 0.507 e. The van der Waals surface area contributed by atoms with Crippen molar-refractivity contribution in [3.05, 3.63) is 71.1 Å². The number of carboxylic acid groups (broad SMARTS) is 1. The number of H-pyrrole nitrogens is 1. The van der Waals surface area contributed by atoms with Gasteiger partial charge in [-0.3, -0.25) is 9.89 Å². The van der Waals surface area contributed by atoms with Crippen LogP contribution in [0.2, 0.25) is 5.02 Å². The fourth-order valence-corrected chi connectivity index (χ4v) is 3.62. The average Bonchev–Trinajstić information content (AvgIpc) is 3.08. The number of fused-ring (bicyclic) bond motifs is 1. The number of carbonyl (C=O) groups is 1. The molecule has 0 fully saturated rings. The van der Waals surface area contributed by atoms with E-state index < -0.39 is 11.8 Å². The second-order valence-electron chi connectivity index (χ2n) is 6.65. The Morgan fingerprint density at radius 3 is 2.52 bits per heavy atom. The molecule has 0 radical (unpaired) electrons. The molecule has 29 heavy (non-hydrogen) atoms. The van der Waals surface area contributed by atoms with E-state index in [1.54, 1.807) is 30.3 Å². The number of aromatic nitrogens is 2. The number of phenols is 1. The minimum Gasteiger partial charge on any atom is -0.507 e. The first-order valence-electron chi connectivity index (χ1n) is 8.90. The van der Waals surface area contributed by atoms with Crippen molar-refractivity contribution in [2.75, 3.05) is 0 Å². The Hall–Kier alpha value is -3.38. The normalized spacial score (nSPS) is 11.1. The van der Waals surface area contributed by atoms with Crippen molar-refractivity contribution in [3.8, 4) is 28.0 Å². The molecule has 0 saturated heterocycles. The predicted molar refractivity (Wildman–Crippen MR) is 110 cm³/mol. The van der Waals surface area contributed by atoms with Crippen molar-refractivity contribution >= 4 is 28.5 Å². The van der Waals surface area contributed by atoms with Gasteiger partial charge in [-0.2, -0.15) is 5.10 Å². The Morgan fingerprint density at radius 1 is 1.10 bits per heavy atom. The lowest BCUT2D eigenvalue weighted by atomic mass is 9.98. The monoisotopic (exact) mass is 410 g/mol. The fraction of sp³-hybridized carbons (Fsp3) is 0.0909. The second kappa shape index (κ2) is 7.56. The Labute approximate surface area is 170 Å². The lowest BCUT2D eigenvalue weighted by molar-refractivity contribution is -0.136. The molecule has 4 aromatic rings. The van der Waals surface area contributed by atoms with E-state index >= 15 is 0 Å². The SMILES string of the molecule is O=C(O)CCc1n[nH]c2cc(Cl)c(-c3ccc(-c4c(O)cccc4F)cc3)cc12. The zero-order valence-corrected chi connectivity index (χ0v) is 15.9. The molecule has 146 valence electrons. The van der Waals surface area contributed by atoms with E-state index in [4.69, 9.17) is 16.7 Å². The van der Waals surface area contributed by atoms with Crippen LogP contribution in [0.1, 0.15) is 12.1 Å². The highest BCUT2D eigenvalue weighted by Crippen LogP contribution is 2.36. The molecule has 0 aliphatic carbocycles. The summed E-state index contributed by atoms with van der Waals surface area (Å²) >= 11 is 6.44. The summed E-state index contributed by atoms with van der Waals surface area (Å²) in [7, 11) is 0. The van der Waals surface area contributed by atoms with Crippen LogP contribution < -0.4 is 0 Å². The molecule has 0 aliphatic rings. The van der Waals surface area contributed by atoms with Gasteiger partial charge in [-0.1, -0.05) is 41.9 Å². The number of phenolic OH excluding ortho intramolecular Hbond substituents is 1. The van der Waals surface area contributed by atoms with Crippen LogP contribution in [0, 0.1) is 5.82 Å². The van der Waals surface area contributed by atoms with Crippen molar-refractivity contribution in [1.82, 2.24) is 10.2 Å². The zero-order valence-electron chi connectivity index (χ0n) is 15.1. The second-order valence-corrected chi connectivity index (χ2v) is 7.06. The molecule has 0 spiro atoms. The van der Waals surface area contributed by atoms with E-state index in [0.29, 0.717) is 22.7 Å². The lowest BCUT2D eigenvalue weighted by Crippen LogP contribution is -1.98. The number of nitrogens with zero attached hydrogens (tertiary/aromatic N) is 1. The van der Waals surface area contributed by atoms with Gasteiger partial charge in [0, 0.05) is 17.4 Å². The number of aryl methyl sites for hydroxylation is 1. The molecular weight excluding hydrogens is 395 g/mol. The Kier molecular flexibility index (Phi) is 4.94. The molecule has 0 saturated carbocycles. The first-order chi connectivity index (χ1) is 13.9. The predicted octanol–water partition coefficient (Wildman–Crippen LogP) is 5.41. The third-order valence-electron chi connectivity index (χ3n) is 4.78. The molecule has 3 aromatic carbocycles. The highest BCUT2D eigenvalue weighted by atomic mass is 35.5. The van der Waals surface area contributed by atoms with Gasteiger partial charge in [-0.15, -0.1) is 0 Å². The van der Waals surface area contributed by atoms with E-state index in [9.17, 15) is 14.3 Å². The van der Waals surface area contributed by atoms with Gasteiger partial charge < -0.3 is 10.2 Å². The number of aromatic amines is 1. The van der Waals surface area contributed by atoms with E-state index in [1.165, 1.54) is 18.2 Å². The number of hydrogen-bond donors (Lipinski definition) is 3. The number of halogens is 2. The van der Waals surface area contributed by atoms with Crippen LogP contribution >= 0.6 is 11.6 Å². The molecule has 5 nitrogen and oxygen atoms in total. The number of rotatable bonds is 5. The number of aromatic hydroxyl groups is 1. The van der Waals surface area contributed by atoms with Crippen LogP contribution in [0.3, 0.4) is 0 Å². The van der Waals surface area contributed by atoms with Gasteiger partial charge in [0.2, 0.25) is 0 Å². The molecule has 3 N–H and O–H groups in total. The minimum atomic E-state index is -0.887. The van der Waals surface area contributed by atoms with Gasteiger partial charge in [0.1, 0.15) is 11.6 Å². The van der Waals surface area contributed by atoms with Crippen LogP contribution in [-0.4, -0.2) is 26.4 Å². The Balaban J connectivity index is 1.73. The van der Waals surface area contributed by atoms with Gasteiger partial charge in [-0.25, -0.2) is 4.39 Å². The van der Waals surface area contributed by atoms with Crippen molar-refractivity contribution in [3.63, 3.8) is 0 Å². The standard InChI is InChI=1S/C22H16ClFN2O3/c23-16-11-19-15(18(25-26-19)8-9-21(28)29)10-14(16)12-4-6-13(7-5-12)22-17(24)2-1-3-20(22)27/h1-7,10-11,27H,8-9H2,(H,25,26)(H,28,29). The molecule has 4 rings (SSSR count). The van der Waals surface area contributed by atoms with Crippen molar-refractivity contribution in [1.29, 1.82) is 0 Å². The Morgan fingerprint density at radius 2 is 1.83 bits per heavy atom. The lowest BCUT2D eigenvalue weighted by Gasteiger charge is -2.09. The van der Waals surface area contributed by atoms with E-state index in [1.807, 2.05) is 6.07 Å². The first kappa shape index (κ1) is 19.0. The molecule has 0 amide bonds. The molecular formula is C22H16ClFN2O3. The summed E-state index contributed by atoms with van der Waals surface area (Å²) in [6.07, 6.45) is 0.292. The molecule has 0 aliphatic heterocycles. The summed E-state index contributed by atoms with van der Waals surface area (Å²) in [5.41, 5.74) is 3.64. The van der Waals surface area contributed by atoms with Crippen LogP contribution in [0.25, 0.3) is 33.2 Å². The van der Waals surface area contributed by atoms with Crippen LogP contribution in [0.5, 0.6) is 5.75 Å². The zero-order chi connectivity index (χ0) is 20.5. The Bertz CT molecular complexity index is 1200. The summed E-state index contributed by atoms with van der Waals surface area (Å²) in [5, 5.41) is 27.3. The molecule has 7 heteroatoms. The summed E-state index contributed by atoms with van der Waals surface area (Å²) in [6.45, 7) is 0. The quantitative estimate of drug-likeness (QED) is 0.410. The maximum Gasteiger partial charge on any atom is 0.303 e. The van der Waals surface area contributed by atoms with Crippen LogP contribution in [0.15, 0.2) is 54.6 Å². The average molecular weight is 411 g/mol. The smallest absolute Gasteiger partial charge is 0.303 e. The van der Waals surface area contributed by atoms with E-state index in [2.05, 4.69) is 10.2 Å². The highest BCUT2D eigenvalue weighted by molar-refractivity contribution is 6.34. The first-order valence-corrected chi connectivity index (χ1v) is 9.28. The fourth-order valence-electron chi connectivity index (χ4n) is 3.34. The van der Waals surface area contributed by atoms with Gasteiger partial charge in [0.25, 0.3) is 0 Å². The van der Waals surface area contributed by atoms with Crippen molar-refractivity contribution < 1.29 is 19.4 Å². The van der Waals surface area contributed by atoms with Crippen LogP contribution in [0.4, 0.5) is 4.39 Å². The third-order valence-corrected chi connectivity index (χ3v) is 5.09. The summed E-state index contributed by atoms with van der Waals surface area (Å²) < 4.78 is 14.1.